The van der Waals surface area contributed by atoms with E-state index in [-0.39, 0.29) is 18.1 Å². The van der Waals surface area contributed by atoms with Crippen LogP contribution >= 0.6 is 11.6 Å². The van der Waals surface area contributed by atoms with E-state index >= 15 is 0 Å². The highest BCUT2D eigenvalue weighted by molar-refractivity contribution is 6.30. The van der Waals surface area contributed by atoms with Gasteiger partial charge in [-0.2, -0.15) is 0 Å². The Morgan fingerprint density at radius 3 is 2.74 bits per heavy atom. The van der Waals surface area contributed by atoms with E-state index in [4.69, 9.17) is 16.3 Å². The molecule has 0 bridgehead atoms. The van der Waals surface area contributed by atoms with Gasteiger partial charge in [0.05, 0.1) is 12.6 Å². The molecule has 19 heavy (non-hydrogen) atoms. The van der Waals surface area contributed by atoms with Gasteiger partial charge in [0, 0.05) is 16.3 Å². The Labute approximate surface area is 118 Å². The molecule has 1 aromatic rings. The number of nitrogens with zero attached hydrogens (tertiary/aromatic N) is 1. The molecular formula is C15H18ClNO2. The highest BCUT2D eigenvalue weighted by Crippen LogP contribution is 2.39. The van der Waals surface area contributed by atoms with E-state index in [1.807, 2.05) is 23.1 Å². The topological polar surface area (TPSA) is 29.5 Å². The molecule has 2 rings (SSSR count). The third kappa shape index (κ3) is 2.61. The van der Waals surface area contributed by atoms with E-state index in [1.165, 1.54) is 12.7 Å². The molecule has 0 atom stereocenters. The molecule has 1 aliphatic heterocycles. The van der Waals surface area contributed by atoms with E-state index in [2.05, 4.69) is 26.8 Å². The molecule has 0 aromatic heterocycles. The summed E-state index contributed by atoms with van der Waals surface area (Å²) in [4.78, 5) is 13.7. The van der Waals surface area contributed by atoms with Crippen molar-refractivity contribution in [1.29, 1.82) is 0 Å². The zero-order chi connectivity index (χ0) is 14.2. The van der Waals surface area contributed by atoms with Crippen LogP contribution in [0.5, 0.6) is 0 Å². The van der Waals surface area contributed by atoms with Crippen LogP contribution in [0.25, 0.3) is 5.57 Å². The smallest absolute Gasteiger partial charge is 0.325 e. The van der Waals surface area contributed by atoms with E-state index in [1.54, 1.807) is 0 Å². The van der Waals surface area contributed by atoms with Crippen molar-refractivity contribution in [3.05, 3.63) is 34.9 Å². The lowest BCUT2D eigenvalue weighted by Crippen LogP contribution is -2.48. The molecule has 0 unspecified atom stereocenters. The van der Waals surface area contributed by atoms with Gasteiger partial charge in [-0.25, -0.2) is 0 Å². The first-order valence-electron chi connectivity index (χ1n) is 6.19. The standard InChI is InChI=1S/C15H18ClNO2/c1-10-8-15(2,3)17(9-14(18)19-4)13-6-5-11(16)7-12(10)13/h5-8H,9H2,1-4H3. The number of halogens is 1. The summed E-state index contributed by atoms with van der Waals surface area (Å²) in [5.41, 5.74) is 3.01. The van der Waals surface area contributed by atoms with Crippen LogP contribution < -0.4 is 4.90 Å². The summed E-state index contributed by atoms with van der Waals surface area (Å²) in [5, 5.41) is 0.698. The van der Waals surface area contributed by atoms with Crippen LogP contribution in [0, 0.1) is 0 Å². The number of carbonyl (C=O) groups is 1. The van der Waals surface area contributed by atoms with Crippen LogP contribution in [0.1, 0.15) is 26.3 Å². The van der Waals surface area contributed by atoms with Crippen LogP contribution in [-0.4, -0.2) is 25.2 Å². The Morgan fingerprint density at radius 2 is 2.11 bits per heavy atom. The molecule has 0 aliphatic carbocycles. The quantitative estimate of drug-likeness (QED) is 0.776. The summed E-state index contributed by atoms with van der Waals surface area (Å²) in [6.45, 7) is 6.45. The van der Waals surface area contributed by atoms with Gasteiger partial charge in [0.1, 0.15) is 6.54 Å². The van der Waals surface area contributed by atoms with Crippen molar-refractivity contribution in [1.82, 2.24) is 0 Å². The predicted octanol–water partition coefficient (Wildman–Crippen LogP) is 3.51. The lowest BCUT2D eigenvalue weighted by Gasteiger charge is -2.42. The summed E-state index contributed by atoms with van der Waals surface area (Å²) in [7, 11) is 1.41. The summed E-state index contributed by atoms with van der Waals surface area (Å²) < 4.78 is 4.78. The molecule has 0 fully saturated rings. The Morgan fingerprint density at radius 1 is 1.42 bits per heavy atom. The number of ether oxygens (including phenoxy) is 1. The van der Waals surface area contributed by atoms with Crippen molar-refractivity contribution >= 4 is 28.8 Å². The number of hydrogen-bond donors (Lipinski definition) is 0. The molecule has 0 radical (unpaired) electrons. The number of rotatable bonds is 2. The van der Waals surface area contributed by atoms with E-state index < -0.39 is 0 Å². The van der Waals surface area contributed by atoms with E-state index in [0.29, 0.717) is 5.02 Å². The van der Waals surface area contributed by atoms with Crippen molar-refractivity contribution in [2.75, 3.05) is 18.6 Å². The lowest BCUT2D eigenvalue weighted by atomic mass is 9.89. The zero-order valence-corrected chi connectivity index (χ0v) is 12.4. The molecular weight excluding hydrogens is 262 g/mol. The molecule has 102 valence electrons. The molecule has 0 amide bonds. The molecule has 4 heteroatoms. The zero-order valence-electron chi connectivity index (χ0n) is 11.7. The number of allylic oxidation sites excluding steroid dienone is 1. The number of anilines is 1. The van der Waals surface area contributed by atoms with Gasteiger partial charge in [-0.3, -0.25) is 4.79 Å². The number of esters is 1. The highest BCUT2D eigenvalue weighted by atomic mass is 35.5. The van der Waals surface area contributed by atoms with Crippen LogP contribution in [-0.2, 0) is 9.53 Å². The number of hydrogen-bond acceptors (Lipinski definition) is 3. The second-order valence-electron chi connectivity index (χ2n) is 5.30. The molecule has 0 spiro atoms. The Hall–Kier alpha value is -1.48. The molecule has 1 aliphatic rings. The van der Waals surface area contributed by atoms with Crippen molar-refractivity contribution in [2.24, 2.45) is 0 Å². The third-order valence-corrected chi connectivity index (χ3v) is 3.69. The SMILES string of the molecule is COC(=O)CN1c2ccc(Cl)cc2C(C)=CC1(C)C. The van der Waals surface area contributed by atoms with Gasteiger partial charge >= 0.3 is 5.97 Å². The molecule has 0 saturated heterocycles. The van der Waals surface area contributed by atoms with Crippen molar-refractivity contribution in [3.63, 3.8) is 0 Å². The first kappa shape index (κ1) is 13.9. The normalized spacial score (nSPS) is 16.7. The number of carbonyl (C=O) groups excluding carboxylic acids is 1. The molecule has 0 saturated carbocycles. The summed E-state index contributed by atoms with van der Waals surface area (Å²) in [6.07, 6.45) is 2.15. The second-order valence-corrected chi connectivity index (χ2v) is 5.74. The largest absolute Gasteiger partial charge is 0.468 e. The fourth-order valence-electron chi connectivity index (χ4n) is 2.54. The van der Waals surface area contributed by atoms with Gasteiger partial charge in [-0.1, -0.05) is 17.7 Å². The first-order valence-corrected chi connectivity index (χ1v) is 6.57. The van der Waals surface area contributed by atoms with Crippen molar-refractivity contribution in [3.8, 4) is 0 Å². The molecule has 0 N–H and O–H groups in total. The monoisotopic (exact) mass is 279 g/mol. The maximum atomic E-state index is 11.6. The predicted molar refractivity (Wildman–Crippen MR) is 78.5 cm³/mol. The van der Waals surface area contributed by atoms with Crippen molar-refractivity contribution < 1.29 is 9.53 Å². The third-order valence-electron chi connectivity index (χ3n) is 3.45. The van der Waals surface area contributed by atoms with E-state index in [9.17, 15) is 4.79 Å². The number of fused-ring (bicyclic) bond motifs is 1. The van der Waals surface area contributed by atoms with E-state index in [0.717, 1.165) is 11.3 Å². The highest BCUT2D eigenvalue weighted by Gasteiger charge is 2.32. The average molecular weight is 280 g/mol. The first-order chi connectivity index (χ1) is 8.85. The van der Waals surface area contributed by atoms with Gasteiger partial charge in [0.15, 0.2) is 0 Å². The maximum absolute atomic E-state index is 11.6. The Bertz CT molecular complexity index is 549. The fraction of sp³-hybridized carbons (Fsp3) is 0.400. The van der Waals surface area contributed by atoms with Crippen LogP contribution in [0.3, 0.4) is 0 Å². The van der Waals surface area contributed by atoms with Gasteiger partial charge < -0.3 is 9.64 Å². The maximum Gasteiger partial charge on any atom is 0.325 e. The van der Waals surface area contributed by atoms with Crippen LogP contribution in [0.2, 0.25) is 5.02 Å². The fourth-order valence-corrected chi connectivity index (χ4v) is 2.71. The summed E-state index contributed by atoms with van der Waals surface area (Å²) in [5.74, 6) is -0.248. The van der Waals surface area contributed by atoms with Gasteiger partial charge in [0.2, 0.25) is 0 Å². The van der Waals surface area contributed by atoms with Crippen LogP contribution in [0.15, 0.2) is 24.3 Å². The molecule has 1 aromatic carbocycles. The lowest BCUT2D eigenvalue weighted by molar-refractivity contribution is -0.139. The van der Waals surface area contributed by atoms with Crippen molar-refractivity contribution in [2.45, 2.75) is 26.3 Å². The minimum absolute atomic E-state index is 0.224. The summed E-state index contributed by atoms with van der Waals surface area (Å²) >= 11 is 6.06. The van der Waals surface area contributed by atoms with Gasteiger partial charge in [0.25, 0.3) is 0 Å². The summed E-state index contributed by atoms with van der Waals surface area (Å²) in [6, 6.07) is 5.74. The number of methoxy groups -OCH3 is 1. The molecule has 3 nitrogen and oxygen atoms in total. The number of benzene rings is 1. The Kier molecular flexibility index (Phi) is 3.59. The minimum atomic E-state index is -0.248. The molecule has 1 heterocycles. The van der Waals surface area contributed by atoms with Gasteiger partial charge in [-0.05, 0) is 44.5 Å². The average Bonchev–Trinajstić information content (AvgIpc) is 2.34. The van der Waals surface area contributed by atoms with Gasteiger partial charge in [-0.15, -0.1) is 0 Å². The second kappa shape index (κ2) is 4.89. The minimum Gasteiger partial charge on any atom is -0.468 e. The van der Waals surface area contributed by atoms with Crippen LogP contribution in [0.4, 0.5) is 5.69 Å². The Balaban J connectivity index is 2.51.